The fourth-order valence-electron chi connectivity index (χ4n) is 14.9. The molecule has 0 spiro atoms. The minimum Gasteiger partial charge on any atom is -0.343 e. The summed E-state index contributed by atoms with van der Waals surface area (Å²) in [6.07, 6.45) is 5.54. The van der Waals surface area contributed by atoms with Gasteiger partial charge in [0.05, 0.1) is 36.6 Å². The van der Waals surface area contributed by atoms with Gasteiger partial charge in [-0.15, -0.1) is 0 Å². The molecule has 3 N–H and O–H groups in total. The molecule has 2 aliphatic carbocycles. The molecule has 0 radical (unpaired) electrons. The molecule has 2 saturated carbocycles. The number of rotatable bonds is 12. The highest BCUT2D eigenvalue weighted by Crippen LogP contribution is 2.37. The van der Waals surface area contributed by atoms with E-state index < -0.39 is 173 Å². The van der Waals surface area contributed by atoms with Crippen LogP contribution in [0.1, 0.15) is 188 Å². The predicted octanol–water partition coefficient (Wildman–Crippen LogP) is 6.28. The number of carbonyl (C=O) groups is 12. The zero-order chi connectivity index (χ0) is 74.2. The number of aryl methyl sites for hydroxylation is 1. The van der Waals surface area contributed by atoms with Crippen LogP contribution in [0, 0.1) is 23.7 Å². The molecule has 24 nitrogen and oxygen atoms in total. The second-order valence-electron chi connectivity index (χ2n) is 29.6. The van der Waals surface area contributed by atoms with Crippen molar-refractivity contribution >= 4 is 82.5 Å². The third-order valence-electron chi connectivity index (χ3n) is 21.7. The van der Waals surface area contributed by atoms with Crippen molar-refractivity contribution in [2.75, 3.05) is 88.6 Å². The Bertz CT molecular complexity index is 3090. The highest BCUT2D eigenvalue weighted by molar-refractivity contribution is 6.31. The first kappa shape index (κ1) is 81.9. The lowest BCUT2D eigenvalue weighted by Crippen LogP contribution is -2.65. The average molecular weight is 1430 g/mol. The van der Waals surface area contributed by atoms with E-state index in [0.29, 0.717) is 57.2 Å². The van der Waals surface area contributed by atoms with Crippen LogP contribution in [0.15, 0.2) is 18.2 Å². The van der Waals surface area contributed by atoms with Crippen molar-refractivity contribution in [3.63, 3.8) is 0 Å². The average Bonchev–Trinajstić information content (AvgIpc) is 1.03. The number of amides is 12. The van der Waals surface area contributed by atoms with Crippen LogP contribution in [0.3, 0.4) is 0 Å². The number of likely N-dealkylation sites (N-methyl/N-ethyl adjacent to an activating group) is 7. The van der Waals surface area contributed by atoms with Crippen LogP contribution in [-0.2, 0) is 70.1 Å². The maximum absolute atomic E-state index is 15.7. The van der Waals surface area contributed by atoms with Gasteiger partial charge in [0.15, 0.2) is 0 Å². The summed E-state index contributed by atoms with van der Waals surface area (Å²) in [7, 11) is 9.93. The van der Waals surface area contributed by atoms with E-state index in [1.54, 1.807) is 18.7 Å². The van der Waals surface area contributed by atoms with Gasteiger partial charge in [-0.05, 0) is 125 Å². The van der Waals surface area contributed by atoms with Gasteiger partial charge < -0.3 is 60.0 Å². The van der Waals surface area contributed by atoms with Crippen LogP contribution < -0.4 is 16.0 Å². The molecule has 3 heterocycles. The maximum atomic E-state index is 15.7. The molecular weight excluding hydrogens is 1320 g/mol. The number of piperidine rings is 1. The summed E-state index contributed by atoms with van der Waals surface area (Å²) >= 11 is 6.15. The number of carbonyl (C=O) groups excluding carboxylic acids is 12. The number of halogens is 4. The largest absolute Gasteiger partial charge is 0.417 e. The molecule has 5 fully saturated rings. The van der Waals surface area contributed by atoms with Crippen molar-refractivity contribution in [1.82, 2.24) is 60.0 Å². The molecule has 0 unspecified atom stereocenters. The van der Waals surface area contributed by atoms with Gasteiger partial charge in [-0.3, -0.25) is 57.5 Å². The highest BCUT2D eigenvalue weighted by Gasteiger charge is 2.49. The monoisotopic (exact) mass is 1430 g/mol. The number of fused-ring (bicyclic) bond motifs is 1. The van der Waals surface area contributed by atoms with Gasteiger partial charge in [0.25, 0.3) is 0 Å². The van der Waals surface area contributed by atoms with Crippen molar-refractivity contribution in [3.05, 3.63) is 34.3 Å². The summed E-state index contributed by atoms with van der Waals surface area (Å²) in [6.45, 7) is 9.61. The number of nitrogens with zero attached hydrogens (tertiary/aromatic N) is 9. The molecule has 0 bridgehead atoms. The SMILES string of the molecule is CC[C@H](C)[C@@H]1NC(=O)[C@H](CC(C)C)N(C)C(=O)C[C@@H](C(=O)N2CCCCC2)N(C)C(=O)[C@H](C2CCCCC2)N(C)C(=O)[C@](C)(CC)NC(=O)[C@@H]2CCCN2C(=O)[C@H](CCc2ccc(C(F)(F)F)c(Cl)c2)NC(=O)CN(C)C(=O)[C@H](CC2CCCCC2)N(C)C(=O)CN(C)C(=O)CN(C)C1=O. The molecule has 6 rings (SSSR count). The van der Waals surface area contributed by atoms with Crippen molar-refractivity contribution in [3.8, 4) is 0 Å². The molecule has 560 valence electrons. The first-order chi connectivity index (χ1) is 47.0. The number of benzene rings is 1. The van der Waals surface area contributed by atoms with Gasteiger partial charge in [0.1, 0.15) is 47.8 Å². The Morgan fingerprint density at radius 1 is 0.630 bits per heavy atom. The van der Waals surface area contributed by atoms with E-state index in [-0.39, 0.29) is 56.9 Å². The van der Waals surface area contributed by atoms with E-state index in [9.17, 15) is 46.7 Å². The summed E-state index contributed by atoms with van der Waals surface area (Å²) in [6, 6.07) is -5.63. The van der Waals surface area contributed by atoms with E-state index in [1.807, 2.05) is 20.8 Å². The molecule has 1 aromatic carbocycles. The molecular formula is C72H112ClF3N12O12. The molecule has 100 heavy (non-hydrogen) atoms. The first-order valence-electron chi connectivity index (χ1n) is 36.2. The van der Waals surface area contributed by atoms with Crippen molar-refractivity contribution in [2.45, 2.75) is 237 Å². The molecule has 0 aromatic heterocycles. The third-order valence-corrected chi connectivity index (χ3v) is 22.0. The summed E-state index contributed by atoms with van der Waals surface area (Å²) in [5.74, 6) is -8.97. The van der Waals surface area contributed by atoms with Crippen LogP contribution in [0.2, 0.25) is 5.02 Å². The lowest BCUT2D eigenvalue weighted by Gasteiger charge is -2.43. The smallest absolute Gasteiger partial charge is 0.343 e. The van der Waals surface area contributed by atoms with Crippen LogP contribution >= 0.6 is 11.6 Å². The second kappa shape index (κ2) is 36.7. The highest BCUT2D eigenvalue weighted by atomic mass is 35.5. The first-order valence-corrected chi connectivity index (χ1v) is 36.6. The zero-order valence-electron chi connectivity index (χ0n) is 61.3. The minimum atomic E-state index is -4.76. The Hall–Kier alpha value is -7.06. The molecule has 12 amide bonds. The lowest BCUT2D eigenvalue weighted by molar-refractivity contribution is -0.157. The maximum Gasteiger partial charge on any atom is 0.417 e. The Kier molecular flexibility index (Phi) is 30.1. The summed E-state index contributed by atoms with van der Waals surface area (Å²) in [4.78, 5) is 190. The normalized spacial score (nSPS) is 27.2. The molecule has 28 heteroatoms. The van der Waals surface area contributed by atoms with Gasteiger partial charge >= 0.3 is 6.18 Å². The van der Waals surface area contributed by atoms with E-state index in [1.165, 1.54) is 86.8 Å². The van der Waals surface area contributed by atoms with E-state index >= 15 is 24.0 Å². The Labute approximate surface area is 594 Å². The van der Waals surface area contributed by atoms with Gasteiger partial charge in [-0.1, -0.05) is 110 Å². The summed E-state index contributed by atoms with van der Waals surface area (Å²) < 4.78 is 41.6. The minimum absolute atomic E-state index is 0.00220. The van der Waals surface area contributed by atoms with Crippen molar-refractivity contribution in [2.24, 2.45) is 23.7 Å². The zero-order valence-corrected chi connectivity index (χ0v) is 62.1. The predicted molar refractivity (Wildman–Crippen MR) is 371 cm³/mol. The lowest BCUT2D eigenvalue weighted by atomic mass is 9.81. The van der Waals surface area contributed by atoms with Gasteiger partial charge in [-0.2, -0.15) is 13.2 Å². The Morgan fingerprint density at radius 2 is 1.22 bits per heavy atom. The molecule has 5 aliphatic rings. The summed E-state index contributed by atoms with van der Waals surface area (Å²) in [5.41, 5.74) is -2.50. The van der Waals surface area contributed by atoms with E-state index in [0.717, 1.165) is 84.6 Å². The summed E-state index contributed by atoms with van der Waals surface area (Å²) in [5, 5.41) is 8.01. The fraction of sp³-hybridized carbons (Fsp3) is 0.750. The van der Waals surface area contributed by atoms with Crippen LogP contribution in [-0.4, -0.2) is 251 Å². The van der Waals surface area contributed by atoms with Crippen LogP contribution in [0.4, 0.5) is 13.2 Å². The topological polar surface area (TPSA) is 270 Å². The fourth-order valence-corrected chi connectivity index (χ4v) is 15.2. The van der Waals surface area contributed by atoms with Crippen molar-refractivity contribution < 1.29 is 70.7 Å². The molecule has 1 aromatic rings. The number of likely N-dealkylation sites (tertiary alicyclic amines) is 1. The Balaban J connectivity index is 1.43. The third kappa shape index (κ3) is 21.1. The van der Waals surface area contributed by atoms with Crippen LogP contribution in [0.5, 0.6) is 0 Å². The molecule has 3 saturated heterocycles. The number of alkyl halides is 3. The molecule has 3 aliphatic heterocycles. The van der Waals surface area contributed by atoms with Gasteiger partial charge in [0, 0.05) is 69.0 Å². The van der Waals surface area contributed by atoms with Crippen LogP contribution in [0.25, 0.3) is 0 Å². The standard InChI is InChI=1S/C72H112ClF3N12O12/c1-14-46(5)61-68(98)82(9)43-59(91)80(7)44-60(92)84(11)55(40-47-26-19-16-20-27-47)66(96)81(8)42-57(89)77-52(34-32-48-31-33-50(51(73)39-48)72(74,75)76)65(95)88-37-25-30-53(88)64(94)79-71(6,15-2)70(100)86(13)62(49-28-21-17-22-29-49)69(99)85(12)56(67(97)87-35-23-18-24-36-87)41-58(90)83(10)54(38-45(3)4)63(93)78-61/h31,33,39,45-47,49,52-56,61-62H,14-30,32,34-38,40-44H2,1-13H3,(H,77,89)(H,78,93)(H,79,94)/t46-,52-,53-,54-,55-,56-,61-,62-,71-/m0/s1. The Morgan fingerprint density at radius 3 is 1.81 bits per heavy atom. The van der Waals surface area contributed by atoms with Gasteiger partial charge in [-0.25, -0.2) is 0 Å². The molecule has 9 atom stereocenters. The van der Waals surface area contributed by atoms with Gasteiger partial charge in [0.2, 0.25) is 70.9 Å². The number of nitrogens with one attached hydrogen (secondary N) is 3. The second-order valence-corrected chi connectivity index (χ2v) is 30.0. The number of hydrogen-bond acceptors (Lipinski definition) is 12. The van der Waals surface area contributed by atoms with Crippen molar-refractivity contribution in [1.29, 1.82) is 0 Å². The quantitative estimate of drug-likeness (QED) is 0.209. The number of hydrogen-bond donors (Lipinski definition) is 3. The van der Waals surface area contributed by atoms with E-state index in [4.69, 9.17) is 11.6 Å². The van der Waals surface area contributed by atoms with E-state index in [2.05, 4.69) is 16.0 Å².